The van der Waals surface area contributed by atoms with Crippen molar-refractivity contribution >= 4 is 20.7 Å². The maximum absolute atomic E-state index is 8.81. The SMILES string of the molecule is CCN(CC)S(O)(O)Cl. The van der Waals surface area contributed by atoms with Crippen LogP contribution in [0.5, 0.6) is 0 Å². The second-order valence-electron chi connectivity index (χ2n) is 1.57. The molecule has 0 aromatic carbocycles. The molecule has 0 aromatic heterocycles. The van der Waals surface area contributed by atoms with Crippen LogP contribution < -0.4 is 0 Å². The Bertz CT molecular complexity index is 81.1. The summed E-state index contributed by atoms with van der Waals surface area (Å²) < 4.78 is 19.0. The molecule has 0 saturated carbocycles. The molecule has 0 aromatic rings. The van der Waals surface area contributed by atoms with Crippen molar-refractivity contribution in [1.29, 1.82) is 0 Å². The van der Waals surface area contributed by atoms with Gasteiger partial charge in [-0.05, 0) is 0 Å². The van der Waals surface area contributed by atoms with E-state index in [1.54, 1.807) is 0 Å². The minimum atomic E-state index is -2.96. The Morgan fingerprint density at radius 3 is 1.67 bits per heavy atom. The molecule has 0 heterocycles. The first-order chi connectivity index (χ1) is 4.02. The van der Waals surface area contributed by atoms with Crippen molar-refractivity contribution in [3.05, 3.63) is 0 Å². The molecule has 0 aliphatic rings. The molecule has 5 heteroatoms. The Balaban J connectivity index is 3.79. The van der Waals surface area contributed by atoms with Crippen molar-refractivity contribution < 1.29 is 9.11 Å². The van der Waals surface area contributed by atoms with Crippen LogP contribution >= 0.6 is 20.7 Å². The zero-order chi connectivity index (χ0) is 7.49. The van der Waals surface area contributed by atoms with Gasteiger partial charge < -0.3 is 0 Å². The molecular weight excluding hydrogens is 162 g/mol. The average molecular weight is 174 g/mol. The minimum Gasteiger partial charge on any atom is -0.272 e. The zero-order valence-electron chi connectivity index (χ0n) is 5.54. The topological polar surface area (TPSA) is 43.7 Å². The molecular formula is C4H12ClNO2S. The molecule has 0 spiro atoms. The highest BCUT2D eigenvalue weighted by Crippen LogP contribution is 2.47. The summed E-state index contributed by atoms with van der Waals surface area (Å²) >= 11 is 0. The summed E-state index contributed by atoms with van der Waals surface area (Å²) in [6.45, 7) is 4.75. The number of halogens is 1. The van der Waals surface area contributed by atoms with Gasteiger partial charge in [0.05, 0.1) is 0 Å². The smallest absolute Gasteiger partial charge is 0.0426 e. The fourth-order valence-corrected chi connectivity index (χ4v) is 1.79. The van der Waals surface area contributed by atoms with E-state index in [1.807, 2.05) is 13.8 Å². The van der Waals surface area contributed by atoms with Gasteiger partial charge in [-0.25, -0.2) is 0 Å². The van der Waals surface area contributed by atoms with Crippen LogP contribution in [0.4, 0.5) is 0 Å². The number of nitrogens with zero attached hydrogens (tertiary/aromatic N) is 1. The highest BCUT2D eigenvalue weighted by molar-refractivity contribution is 8.41. The summed E-state index contributed by atoms with van der Waals surface area (Å²) in [5.41, 5.74) is 0. The zero-order valence-corrected chi connectivity index (χ0v) is 7.11. The van der Waals surface area contributed by atoms with Gasteiger partial charge in [0.2, 0.25) is 0 Å². The van der Waals surface area contributed by atoms with Crippen molar-refractivity contribution in [3.63, 3.8) is 0 Å². The Kier molecular flexibility index (Phi) is 3.84. The Morgan fingerprint density at radius 1 is 1.33 bits per heavy atom. The summed E-state index contributed by atoms with van der Waals surface area (Å²) in [7, 11) is 2.26. The fraction of sp³-hybridized carbons (Fsp3) is 1.00. The van der Waals surface area contributed by atoms with Crippen LogP contribution in [-0.4, -0.2) is 26.5 Å². The third kappa shape index (κ3) is 3.27. The molecule has 0 saturated heterocycles. The van der Waals surface area contributed by atoms with Crippen molar-refractivity contribution in [2.24, 2.45) is 0 Å². The van der Waals surface area contributed by atoms with Gasteiger partial charge in [0, 0.05) is 23.8 Å². The van der Waals surface area contributed by atoms with Crippen LogP contribution in [0, 0.1) is 0 Å². The monoisotopic (exact) mass is 173 g/mol. The summed E-state index contributed by atoms with van der Waals surface area (Å²) in [5.74, 6) is 0. The van der Waals surface area contributed by atoms with E-state index in [-0.39, 0.29) is 0 Å². The second-order valence-corrected chi connectivity index (χ2v) is 4.23. The molecule has 0 aliphatic carbocycles. The average Bonchev–Trinajstić information content (AvgIpc) is 1.65. The van der Waals surface area contributed by atoms with Gasteiger partial charge in [-0.2, -0.15) is 4.31 Å². The first kappa shape index (κ1) is 9.52. The molecule has 58 valence electrons. The molecule has 0 fully saturated rings. The van der Waals surface area contributed by atoms with Crippen molar-refractivity contribution in [2.45, 2.75) is 13.8 Å². The molecule has 0 aliphatic heterocycles. The largest absolute Gasteiger partial charge is 0.272 e. The van der Waals surface area contributed by atoms with Crippen LogP contribution in [0.3, 0.4) is 0 Å². The first-order valence-corrected chi connectivity index (χ1v) is 5.08. The molecule has 0 amide bonds. The fourth-order valence-electron chi connectivity index (χ4n) is 0.552. The van der Waals surface area contributed by atoms with E-state index >= 15 is 0 Å². The molecule has 0 atom stereocenters. The van der Waals surface area contributed by atoms with Gasteiger partial charge in [0.25, 0.3) is 0 Å². The number of hydrogen-bond donors (Lipinski definition) is 2. The number of hydrogen-bond acceptors (Lipinski definition) is 3. The summed E-state index contributed by atoms with van der Waals surface area (Å²) in [4.78, 5) is 0. The summed E-state index contributed by atoms with van der Waals surface area (Å²) in [6, 6.07) is 0. The van der Waals surface area contributed by atoms with Gasteiger partial charge in [-0.1, -0.05) is 23.8 Å². The van der Waals surface area contributed by atoms with Crippen LogP contribution in [0.1, 0.15) is 13.8 Å². The molecule has 0 radical (unpaired) electrons. The molecule has 0 unspecified atom stereocenters. The second kappa shape index (κ2) is 3.63. The van der Waals surface area contributed by atoms with Gasteiger partial charge in [0.1, 0.15) is 0 Å². The quantitative estimate of drug-likeness (QED) is 0.688. The van der Waals surface area contributed by atoms with Crippen LogP contribution in [0.2, 0.25) is 0 Å². The van der Waals surface area contributed by atoms with Gasteiger partial charge in [-0.15, -0.1) is 0 Å². The lowest BCUT2D eigenvalue weighted by molar-refractivity contribution is 0.385. The third-order valence-electron chi connectivity index (χ3n) is 1.03. The minimum absolute atomic E-state index is 0.558. The van der Waals surface area contributed by atoms with Crippen molar-refractivity contribution in [3.8, 4) is 0 Å². The van der Waals surface area contributed by atoms with E-state index in [0.717, 1.165) is 0 Å². The van der Waals surface area contributed by atoms with E-state index in [4.69, 9.17) is 19.8 Å². The Hall–Kier alpha value is 0.520. The van der Waals surface area contributed by atoms with E-state index in [1.165, 1.54) is 4.31 Å². The van der Waals surface area contributed by atoms with Gasteiger partial charge >= 0.3 is 0 Å². The molecule has 9 heavy (non-hydrogen) atoms. The molecule has 0 rings (SSSR count). The lowest BCUT2D eigenvalue weighted by Crippen LogP contribution is -2.23. The lowest BCUT2D eigenvalue weighted by atomic mass is 10.7. The maximum Gasteiger partial charge on any atom is 0.0426 e. The van der Waals surface area contributed by atoms with Crippen LogP contribution in [0.25, 0.3) is 0 Å². The first-order valence-electron chi connectivity index (χ1n) is 2.75. The van der Waals surface area contributed by atoms with Crippen LogP contribution in [-0.2, 0) is 0 Å². The Morgan fingerprint density at radius 2 is 1.67 bits per heavy atom. The van der Waals surface area contributed by atoms with Crippen molar-refractivity contribution in [2.75, 3.05) is 13.1 Å². The lowest BCUT2D eigenvalue weighted by Gasteiger charge is -2.34. The van der Waals surface area contributed by atoms with E-state index in [9.17, 15) is 0 Å². The predicted octanol–water partition coefficient (Wildman–Crippen LogP) is 2.15. The standard InChI is InChI=1S/C4H12ClNO2S/c1-3-6(4-2)9(5,7)8/h7-8H,3-4H2,1-2H3. The Labute approximate surface area is 61.6 Å². The molecule has 3 nitrogen and oxygen atoms in total. The van der Waals surface area contributed by atoms with E-state index in [0.29, 0.717) is 13.1 Å². The maximum atomic E-state index is 8.81. The summed E-state index contributed by atoms with van der Waals surface area (Å²) in [6.07, 6.45) is 0. The van der Waals surface area contributed by atoms with Crippen molar-refractivity contribution in [1.82, 2.24) is 4.31 Å². The number of rotatable bonds is 3. The third-order valence-corrected chi connectivity index (χ3v) is 2.79. The van der Waals surface area contributed by atoms with E-state index in [2.05, 4.69) is 0 Å². The normalized spacial score (nSPS) is 14.4. The highest BCUT2D eigenvalue weighted by atomic mass is 35.7. The van der Waals surface area contributed by atoms with Crippen LogP contribution in [0.15, 0.2) is 0 Å². The molecule has 0 bridgehead atoms. The van der Waals surface area contributed by atoms with Gasteiger partial charge in [0.15, 0.2) is 0 Å². The highest BCUT2D eigenvalue weighted by Gasteiger charge is 2.14. The van der Waals surface area contributed by atoms with E-state index < -0.39 is 9.99 Å². The molecule has 2 N–H and O–H groups in total. The summed E-state index contributed by atoms with van der Waals surface area (Å²) in [5, 5.41) is 0. The van der Waals surface area contributed by atoms with Gasteiger partial charge in [-0.3, -0.25) is 9.11 Å². The predicted molar refractivity (Wildman–Crippen MR) is 41.6 cm³/mol.